The first kappa shape index (κ1) is 20.5. The van der Waals surface area contributed by atoms with Crippen molar-refractivity contribution in [1.29, 1.82) is 0 Å². The molecule has 2 unspecified atom stereocenters. The van der Waals surface area contributed by atoms with Crippen molar-refractivity contribution in [3.63, 3.8) is 0 Å². The molecule has 0 aromatic heterocycles. The summed E-state index contributed by atoms with van der Waals surface area (Å²) in [6.07, 6.45) is 0. The lowest BCUT2D eigenvalue weighted by Gasteiger charge is -2.53. The smallest absolute Gasteiger partial charge is 0.172 e. The number of hydrogen-bond donors (Lipinski definition) is 0. The molecule has 26 heavy (non-hydrogen) atoms. The van der Waals surface area contributed by atoms with Crippen molar-refractivity contribution >= 4 is 49.9 Å². The van der Waals surface area contributed by atoms with Crippen LogP contribution in [0.2, 0.25) is 26.2 Å². The summed E-state index contributed by atoms with van der Waals surface area (Å²) in [6.45, 7) is 13.3. The second kappa shape index (κ2) is 7.30. The molecule has 3 rings (SSSR count). The van der Waals surface area contributed by atoms with E-state index in [4.69, 9.17) is 8.85 Å². The van der Waals surface area contributed by atoms with Crippen LogP contribution in [0.5, 0.6) is 0 Å². The summed E-state index contributed by atoms with van der Waals surface area (Å²) in [4.78, 5) is 0. The minimum atomic E-state index is -1.33. The van der Waals surface area contributed by atoms with Crippen LogP contribution in [0.1, 0.15) is 25.0 Å². The highest BCUT2D eigenvalue weighted by molar-refractivity contribution is 9.10. The van der Waals surface area contributed by atoms with Gasteiger partial charge in [-0.05, 0) is 86.6 Å². The van der Waals surface area contributed by atoms with E-state index in [1.165, 1.54) is 22.3 Å². The van der Waals surface area contributed by atoms with Crippen LogP contribution in [0.25, 0.3) is 11.1 Å². The normalized spacial score (nSPS) is 24.7. The third kappa shape index (κ3) is 3.33. The number of halogens is 2. The zero-order chi connectivity index (χ0) is 19.3. The summed E-state index contributed by atoms with van der Waals surface area (Å²) < 4.78 is 15.7. The highest BCUT2D eigenvalue weighted by Crippen LogP contribution is 2.56. The second-order valence-corrected chi connectivity index (χ2v) is 14.3. The van der Waals surface area contributed by atoms with E-state index in [1.54, 1.807) is 0 Å². The van der Waals surface area contributed by atoms with Crippen LogP contribution in [0.15, 0.2) is 45.3 Å². The third-order valence-corrected chi connectivity index (χ3v) is 8.01. The first-order valence-electron chi connectivity index (χ1n) is 9.04. The van der Waals surface area contributed by atoms with E-state index in [9.17, 15) is 0 Å². The maximum Gasteiger partial charge on any atom is 0.172 e. The molecule has 0 N–H and O–H groups in total. The van der Waals surface area contributed by atoms with E-state index in [0.29, 0.717) is 0 Å². The fraction of sp³-hybridized carbons (Fsp3) is 0.400. The monoisotopic (exact) mass is 512 g/mol. The van der Waals surface area contributed by atoms with Crippen LogP contribution in [0.3, 0.4) is 0 Å². The Balaban J connectivity index is 2.39. The predicted molar refractivity (Wildman–Crippen MR) is 122 cm³/mol. The molecule has 140 valence electrons. The minimum absolute atomic E-state index is 0.530. The lowest BCUT2D eigenvalue weighted by atomic mass is 9.67. The molecule has 6 heteroatoms. The Morgan fingerprint density at radius 3 is 1.35 bits per heavy atom. The summed E-state index contributed by atoms with van der Waals surface area (Å²) in [7, 11) is -2.66. The molecule has 2 aromatic carbocycles. The molecule has 1 aliphatic rings. The van der Waals surface area contributed by atoms with Crippen LogP contribution in [-0.4, -0.2) is 18.1 Å². The van der Waals surface area contributed by atoms with Crippen molar-refractivity contribution < 1.29 is 8.85 Å². The maximum atomic E-state index is 6.77. The topological polar surface area (TPSA) is 18.5 Å². The van der Waals surface area contributed by atoms with E-state index in [2.05, 4.69) is 108 Å². The van der Waals surface area contributed by atoms with E-state index >= 15 is 0 Å². The van der Waals surface area contributed by atoms with E-state index in [1.807, 2.05) is 0 Å². The quantitative estimate of drug-likeness (QED) is 0.445. The molecule has 0 radical (unpaired) electrons. The molecule has 0 bridgehead atoms. The van der Waals surface area contributed by atoms with E-state index in [0.717, 1.165) is 8.95 Å². The predicted octanol–water partition coefficient (Wildman–Crippen LogP) is 6.32. The van der Waals surface area contributed by atoms with Crippen LogP contribution >= 0.6 is 31.9 Å². The first-order valence-corrected chi connectivity index (χ1v) is 16.2. The van der Waals surface area contributed by atoms with Gasteiger partial charge in [0.1, 0.15) is 11.2 Å². The highest BCUT2D eigenvalue weighted by Gasteiger charge is 2.54. The molecular formula is C20H26Br2O2Si2. The lowest BCUT2D eigenvalue weighted by molar-refractivity contribution is -0.114. The van der Waals surface area contributed by atoms with Gasteiger partial charge < -0.3 is 8.85 Å². The van der Waals surface area contributed by atoms with Gasteiger partial charge in [0, 0.05) is 8.95 Å². The van der Waals surface area contributed by atoms with Crippen molar-refractivity contribution in [3.8, 4) is 11.1 Å². The maximum absolute atomic E-state index is 6.77. The number of benzene rings is 2. The summed E-state index contributed by atoms with van der Waals surface area (Å²) >= 11 is 7.33. The molecular weight excluding hydrogens is 488 g/mol. The minimum Gasteiger partial charge on any atom is -0.408 e. The first-order chi connectivity index (χ1) is 12.1. The molecule has 0 heterocycles. The molecule has 2 nitrogen and oxygen atoms in total. The summed E-state index contributed by atoms with van der Waals surface area (Å²) in [6, 6.07) is 13.0. The third-order valence-electron chi connectivity index (χ3n) is 5.13. The van der Waals surface area contributed by atoms with Crippen molar-refractivity contribution in [2.45, 2.75) is 51.2 Å². The molecule has 1 aliphatic carbocycles. The second-order valence-electron chi connectivity index (χ2n) is 7.78. The Labute approximate surface area is 177 Å². The van der Waals surface area contributed by atoms with Gasteiger partial charge in [-0.3, -0.25) is 0 Å². The Morgan fingerprint density at radius 1 is 0.692 bits per heavy atom. The van der Waals surface area contributed by atoms with E-state index in [-0.39, 0.29) is 0 Å². The van der Waals surface area contributed by atoms with Crippen molar-refractivity contribution in [2.24, 2.45) is 0 Å². The average Bonchev–Trinajstić information content (AvgIpc) is 2.52. The summed E-state index contributed by atoms with van der Waals surface area (Å²) in [5, 5.41) is 0. The van der Waals surface area contributed by atoms with Gasteiger partial charge in [0.15, 0.2) is 18.1 Å². The molecule has 0 saturated heterocycles. The van der Waals surface area contributed by atoms with Gasteiger partial charge in [-0.25, -0.2) is 0 Å². The van der Waals surface area contributed by atoms with Crippen LogP contribution < -0.4 is 0 Å². The lowest BCUT2D eigenvalue weighted by Crippen LogP contribution is -2.54. The Kier molecular flexibility index (Phi) is 5.75. The molecule has 0 saturated carbocycles. The molecule has 2 aromatic rings. The van der Waals surface area contributed by atoms with Gasteiger partial charge in [0.2, 0.25) is 0 Å². The van der Waals surface area contributed by atoms with Crippen LogP contribution in [0.4, 0.5) is 0 Å². The molecule has 0 aliphatic heterocycles. The van der Waals surface area contributed by atoms with Crippen molar-refractivity contribution in [1.82, 2.24) is 0 Å². The van der Waals surface area contributed by atoms with Crippen LogP contribution in [0, 0.1) is 0 Å². The fourth-order valence-corrected chi connectivity index (χ4v) is 7.41. The molecule has 0 fully saturated rings. The molecule has 2 atom stereocenters. The fourth-order valence-electron chi connectivity index (χ4n) is 4.10. The van der Waals surface area contributed by atoms with Gasteiger partial charge in [-0.1, -0.05) is 44.0 Å². The van der Waals surface area contributed by atoms with Crippen molar-refractivity contribution in [3.05, 3.63) is 56.5 Å². The Hall–Kier alpha value is -0.246. The highest BCUT2D eigenvalue weighted by atomic mass is 79.9. The van der Waals surface area contributed by atoms with Gasteiger partial charge in [-0.2, -0.15) is 0 Å². The van der Waals surface area contributed by atoms with Gasteiger partial charge in [0.25, 0.3) is 0 Å². The zero-order valence-electron chi connectivity index (χ0n) is 16.2. The summed E-state index contributed by atoms with van der Waals surface area (Å²) in [5.74, 6) is 0. The SMILES string of the molecule is C[SiH](C)OC1(C)c2cc(Br)ccc2-c2ccc(Br)cc2C1(C)O[SiH](C)C. The van der Waals surface area contributed by atoms with Crippen LogP contribution in [-0.2, 0) is 20.1 Å². The average molecular weight is 514 g/mol. The molecule has 0 amide bonds. The van der Waals surface area contributed by atoms with Crippen molar-refractivity contribution in [2.75, 3.05) is 0 Å². The standard InChI is InChI=1S/C20H26Br2O2Si2/c1-19(23-25(3)4)17-11-13(21)7-9-15(17)16-10-8-14(22)12-18(16)20(19,2)24-26(5)6/h7-12,25-26H,1-6H3. The zero-order valence-corrected chi connectivity index (χ0v) is 21.7. The number of hydrogen-bond acceptors (Lipinski definition) is 2. The number of rotatable bonds is 4. The number of fused-ring (bicyclic) bond motifs is 3. The summed E-state index contributed by atoms with van der Waals surface area (Å²) in [5.41, 5.74) is 3.83. The van der Waals surface area contributed by atoms with Gasteiger partial charge in [0.05, 0.1) is 0 Å². The Bertz CT molecular complexity index is 771. The Morgan fingerprint density at radius 2 is 1.04 bits per heavy atom. The molecule has 0 spiro atoms. The van der Waals surface area contributed by atoms with Gasteiger partial charge >= 0.3 is 0 Å². The van der Waals surface area contributed by atoms with Gasteiger partial charge in [-0.15, -0.1) is 0 Å². The van der Waals surface area contributed by atoms with E-state index < -0.39 is 29.3 Å². The largest absolute Gasteiger partial charge is 0.408 e.